The Labute approximate surface area is 271 Å². The number of fused-ring (bicyclic) bond motifs is 1. The third-order valence-corrected chi connectivity index (χ3v) is 8.78. The molecule has 0 saturated carbocycles. The highest BCUT2D eigenvalue weighted by Crippen LogP contribution is 2.30. The van der Waals surface area contributed by atoms with E-state index >= 15 is 0 Å². The fourth-order valence-electron chi connectivity index (χ4n) is 6.19. The monoisotopic (exact) mass is 634 g/mol. The highest BCUT2D eigenvalue weighted by molar-refractivity contribution is 6.24. The molecule has 248 valence electrons. The number of hydrogen-bond donors (Lipinski definition) is 1. The first kappa shape index (κ1) is 33.9. The van der Waals surface area contributed by atoms with Gasteiger partial charge in [-0.05, 0) is 48.4 Å². The van der Waals surface area contributed by atoms with Crippen LogP contribution in [0.15, 0.2) is 42.5 Å². The minimum atomic E-state index is -0.959. The lowest BCUT2D eigenvalue weighted by molar-refractivity contribution is -0.136. The van der Waals surface area contributed by atoms with Gasteiger partial charge >= 0.3 is 0 Å². The molecule has 3 heterocycles. The number of piperidine rings is 1. The third-order valence-electron chi connectivity index (χ3n) is 8.78. The summed E-state index contributed by atoms with van der Waals surface area (Å²) in [6.07, 6.45) is 2.59. The van der Waals surface area contributed by atoms with Gasteiger partial charge in [0.05, 0.1) is 44.2 Å². The summed E-state index contributed by atoms with van der Waals surface area (Å²) >= 11 is 0. The Hall–Kier alpha value is -3.48. The number of benzene rings is 2. The summed E-state index contributed by atoms with van der Waals surface area (Å²) in [5, 5.41) is 2.25. The van der Waals surface area contributed by atoms with Gasteiger partial charge in [-0.15, -0.1) is 0 Å². The number of aryl methyl sites for hydroxylation is 2. The van der Waals surface area contributed by atoms with Crippen LogP contribution in [0.25, 0.3) is 0 Å². The quantitative estimate of drug-likeness (QED) is 0.207. The normalized spacial score (nSPS) is 19.2. The molecule has 0 aliphatic carbocycles. The zero-order valence-corrected chi connectivity index (χ0v) is 26.8. The Morgan fingerprint density at radius 3 is 2.09 bits per heavy atom. The van der Waals surface area contributed by atoms with Gasteiger partial charge < -0.3 is 14.2 Å². The summed E-state index contributed by atoms with van der Waals surface area (Å²) in [7, 11) is 0. The van der Waals surface area contributed by atoms with Crippen LogP contribution < -0.4 is 5.32 Å². The Balaban J connectivity index is 1.02. The van der Waals surface area contributed by atoms with Crippen molar-refractivity contribution in [2.24, 2.45) is 0 Å². The van der Waals surface area contributed by atoms with Crippen LogP contribution in [0.5, 0.6) is 0 Å². The molecule has 1 N–H and O–H groups in total. The second kappa shape index (κ2) is 16.9. The summed E-state index contributed by atoms with van der Waals surface area (Å²) in [6, 6.07) is 12.9. The molecule has 2 fully saturated rings. The second-order valence-corrected chi connectivity index (χ2v) is 12.1. The van der Waals surface area contributed by atoms with Crippen LogP contribution in [-0.2, 0) is 43.2 Å². The molecule has 2 aromatic rings. The van der Waals surface area contributed by atoms with Gasteiger partial charge in [0, 0.05) is 52.3 Å². The fourth-order valence-corrected chi connectivity index (χ4v) is 6.19. The van der Waals surface area contributed by atoms with Crippen molar-refractivity contribution in [1.82, 2.24) is 20.0 Å². The SMILES string of the molecule is CCCOCCOCCOCCN1CCN(Cc2ccc(CCc3cccc4c3C(=O)N(C3CCC(=O)NC3=O)C4=O)cc2)CC1. The number of carbonyl (C=O) groups excluding carboxylic acids is 4. The van der Waals surface area contributed by atoms with Crippen molar-refractivity contribution in [3.05, 3.63) is 70.3 Å². The first-order chi connectivity index (χ1) is 22.4. The Morgan fingerprint density at radius 2 is 1.39 bits per heavy atom. The van der Waals surface area contributed by atoms with E-state index in [4.69, 9.17) is 14.2 Å². The minimum absolute atomic E-state index is 0.103. The van der Waals surface area contributed by atoms with E-state index in [1.54, 1.807) is 12.1 Å². The molecule has 3 aliphatic heterocycles. The number of rotatable bonds is 17. The van der Waals surface area contributed by atoms with E-state index < -0.39 is 23.8 Å². The zero-order chi connectivity index (χ0) is 32.3. The molecule has 11 heteroatoms. The predicted octanol–water partition coefficient (Wildman–Crippen LogP) is 2.45. The van der Waals surface area contributed by atoms with Crippen LogP contribution >= 0.6 is 0 Å². The molecule has 0 aromatic heterocycles. The van der Waals surface area contributed by atoms with Crippen LogP contribution in [0.4, 0.5) is 0 Å². The van der Waals surface area contributed by atoms with Crippen LogP contribution in [0.3, 0.4) is 0 Å². The average molecular weight is 635 g/mol. The number of ether oxygens (including phenoxy) is 3. The summed E-state index contributed by atoms with van der Waals surface area (Å²) in [6.45, 7) is 12.0. The molecule has 2 aromatic carbocycles. The van der Waals surface area contributed by atoms with E-state index in [1.165, 1.54) is 5.56 Å². The summed E-state index contributed by atoms with van der Waals surface area (Å²) in [5.41, 5.74) is 3.91. The maximum absolute atomic E-state index is 13.4. The number of nitrogens with zero attached hydrogens (tertiary/aromatic N) is 3. The average Bonchev–Trinajstić information content (AvgIpc) is 3.32. The molecule has 1 atom stereocenters. The molecule has 0 radical (unpaired) electrons. The van der Waals surface area contributed by atoms with Gasteiger partial charge in [0.15, 0.2) is 0 Å². The first-order valence-corrected chi connectivity index (χ1v) is 16.5. The van der Waals surface area contributed by atoms with Gasteiger partial charge in [-0.2, -0.15) is 0 Å². The molecule has 5 rings (SSSR count). The molecule has 11 nitrogen and oxygen atoms in total. The molecule has 0 bridgehead atoms. The largest absolute Gasteiger partial charge is 0.379 e. The molecule has 4 amide bonds. The van der Waals surface area contributed by atoms with Crippen molar-refractivity contribution >= 4 is 23.6 Å². The number of amides is 4. The topological polar surface area (TPSA) is 118 Å². The number of piperazine rings is 1. The molecule has 3 aliphatic rings. The molecule has 1 unspecified atom stereocenters. The zero-order valence-electron chi connectivity index (χ0n) is 26.8. The van der Waals surface area contributed by atoms with Gasteiger partial charge in [-0.25, -0.2) is 0 Å². The third kappa shape index (κ3) is 8.86. The summed E-state index contributed by atoms with van der Waals surface area (Å²) < 4.78 is 16.7. The van der Waals surface area contributed by atoms with Gasteiger partial charge in [-0.1, -0.05) is 43.3 Å². The lowest BCUT2D eigenvalue weighted by Gasteiger charge is -2.34. The smallest absolute Gasteiger partial charge is 0.262 e. The van der Waals surface area contributed by atoms with Gasteiger partial charge in [-0.3, -0.25) is 39.2 Å². The lowest BCUT2D eigenvalue weighted by Crippen LogP contribution is -2.54. The summed E-state index contributed by atoms with van der Waals surface area (Å²) in [4.78, 5) is 56.4. The van der Waals surface area contributed by atoms with E-state index in [1.807, 2.05) is 6.07 Å². The molecule has 2 saturated heterocycles. The second-order valence-electron chi connectivity index (χ2n) is 12.1. The van der Waals surface area contributed by atoms with Crippen LogP contribution in [0.1, 0.15) is 63.6 Å². The fraction of sp³-hybridized carbons (Fsp3) is 0.543. The molecule has 0 spiro atoms. The minimum Gasteiger partial charge on any atom is -0.379 e. The van der Waals surface area contributed by atoms with E-state index in [2.05, 4.69) is 46.3 Å². The number of carbonyl (C=O) groups is 4. The Kier molecular flexibility index (Phi) is 12.4. The van der Waals surface area contributed by atoms with Crippen molar-refractivity contribution in [2.75, 3.05) is 72.4 Å². The Bertz CT molecular complexity index is 1360. The van der Waals surface area contributed by atoms with E-state index in [0.717, 1.165) is 74.7 Å². The van der Waals surface area contributed by atoms with Gasteiger partial charge in [0.2, 0.25) is 11.8 Å². The van der Waals surface area contributed by atoms with Crippen molar-refractivity contribution < 1.29 is 33.4 Å². The van der Waals surface area contributed by atoms with Gasteiger partial charge in [0.25, 0.3) is 11.8 Å². The van der Waals surface area contributed by atoms with Crippen LogP contribution in [0.2, 0.25) is 0 Å². The van der Waals surface area contributed by atoms with Crippen molar-refractivity contribution in [3.63, 3.8) is 0 Å². The van der Waals surface area contributed by atoms with E-state index in [0.29, 0.717) is 50.6 Å². The first-order valence-electron chi connectivity index (χ1n) is 16.5. The standard InChI is InChI=1S/C35H46N4O7/c1-2-19-44-21-23-46-24-22-45-20-18-37-14-16-38(17-15-37)25-27-8-6-26(7-9-27)10-11-28-4-3-5-29-32(28)35(43)39(34(29)42)30-12-13-31(40)36-33(30)41/h3-9,30H,2,10-25H2,1H3,(H,36,40,41). The van der Waals surface area contributed by atoms with Crippen LogP contribution in [-0.4, -0.2) is 117 Å². The lowest BCUT2D eigenvalue weighted by atomic mass is 9.96. The number of imide groups is 2. The number of hydrogen-bond acceptors (Lipinski definition) is 9. The van der Waals surface area contributed by atoms with Gasteiger partial charge in [0.1, 0.15) is 6.04 Å². The predicted molar refractivity (Wildman–Crippen MR) is 171 cm³/mol. The summed E-state index contributed by atoms with van der Waals surface area (Å²) in [5.74, 6) is -1.91. The molecular formula is C35H46N4O7. The van der Waals surface area contributed by atoms with Crippen molar-refractivity contribution in [1.29, 1.82) is 0 Å². The molecular weight excluding hydrogens is 588 g/mol. The van der Waals surface area contributed by atoms with Crippen molar-refractivity contribution in [2.45, 2.75) is 51.6 Å². The number of nitrogens with one attached hydrogen (secondary N) is 1. The molecule has 46 heavy (non-hydrogen) atoms. The Morgan fingerprint density at radius 1 is 0.739 bits per heavy atom. The highest BCUT2D eigenvalue weighted by atomic mass is 16.5. The van der Waals surface area contributed by atoms with Crippen molar-refractivity contribution in [3.8, 4) is 0 Å². The van der Waals surface area contributed by atoms with E-state index in [-0.39, 0.29) is 18.7 Å². The van der Waals surface area contributed by atoms with E-state index in [9.17, 15) is 19.2 Å². The van der Waals surface area contributed by atoms with Crippen LogP contribution in [0, 0.1) is 0 Å². The maximum Gasteiger partial charge on any atom is 0.262 e. The highest BCUT2D eigenvalue weighted by Gasteiger charge is 2.45. The maximum atomic E-state index is 13.4.